The third kappa shape index (κ3) is 1.63. The van der Waals surface area contributed by atoms with Gasteiger partial charge in [0.15, 0.2) is 0 Å². The van der Waals surface area contributed by atoms with Crippen molar-refractivity contribution in [2.45, 2.75) is 25.7 Å². The van der Waals surface area contributed by atoms with Gasteiger partial charge in [-0.2, -0.15) is 0 Å². The van der Waals surface area contributed by atoms with E-state index in [0.717, 1.165) is 0 Å². The summed E-state index contributed by atoms with van der Waals surface area (Å²) in [5.41, 5.74) is 3.29. The Labute approximate surface area is 93.2 Å². The second-order valence-corrected chi connectivity index (χ2v) is 10.6. The Morgan fingerprint density at radius 3 is 1.82 bits per heavy atom. The molecule has 2 rings (SSSR count). The molecule has 1 aliphatic carbocycles. The zero-order valence-electron chi connectivity index (χ0n) is 5.99. The summed E-state index contributed by atoms with van der Waals surface area (Å²) in [6.07, 6.45) is 5.41. The molecule has 1 aromatic heterocycles. The molecule has 0 aromatic carbocycles. The molecular formula is C8H8Br2Te. The maximum absolute atomic E-state index is 3.69. The van der Waals surface area contributed by atoms with Crippen LogP contribution in [0.5, 0.6) is 0 Å². The van der Waals surface area contributed by atoms with Crippen molar-refractivity contribution in [2.75, 3.05) is 0 Å². The van der Waals surface area contributed by atoms with Gasteiger partial charge < -0.3 is 0 Å². The SMILES string of the molecule is Brc1[te]c(Br)c2c1CCCC2. The molecule has 0 unspecified atom stereocenters. The van der Waals surface area contributed by atoms with Gasteiger partial charge in [-0.25, -0.2) is 0 Å². The first-order valence-electron chi connectivity index (χ1n) is 3.74. The summed E-state index contributed by atoms with van der Waals surface area (Å²) in [5.74, 6) is 0. The number of fused-ring (bicyclic) bond motifs is 1. The monoisotopic (exact) mass is 392 g/mol. The number of halogens is 2. The molecule has 0 saturated heterocycles. The van der Waals surface area contributed by atoms with Gasteiger partial charge in [0, 0.05) is 0 Å². The molecule has 0 fully saturated rings. The Kier molecular flexibility index (Phi) is 2.83. The van der Waals surface area contributed by atoms with E-state index in [1.807, 2.05) is 0 Å². The minimum atomic E-state index is -0.0159. The van der Waals surface area contributed by atoms with E-state index in [4.69, 9.17) is 0 Å². The maximum atomic E-state index is 3.69. The normalized spacial score (nSPS) is 16.5. The van der Waals surface area contributed by atoms with E-state index in [-0.39, 0.29) is 20.4 Å². The standard InChI is InChI=1S/C8H8Br2Te/c9-7-5-3-1-2-4-6(5)8(10)11-7/h1-4H2. The molecule has 0 atom stereocenters. The molecular weight excluding hydrogens is 383 g/mol. The first kappa shape index (κ1) is 8.81. The van der Waals surface area contributed by atoms with E-state index in [9.17, 15) is 0 Å². The van der Waals surface area contributed by atoms with Crippen LogP contribution in [-0.2, 0) is 12.8 Å². The molecule has 1 aromatic rings. The zero-order valence-corrected chi connectivity index (χ0v) is 11.5. The van der Waals surface area contributed by atoms with Gasteiger partial charge in [0.2, 0.25) is 0 Å². The first-order valence-corrected chi connectivity index (χ1v) is 7.66. The van der Waals surface area contributed by atoms with Gasteiger partial charge in [0.1, 0.15) is 0 Å². The Morgan fingerprint density at radius 2 is 1.36 bits per heavy atom. The molecule has 0 radical (unpaired) electrons. The number of rotatable bonds is 0. The van der Waals surface area contributed by atoms with E-state index in [1.54, 1.807) is 16.1 Å². The van der Waals surface area contributed by atoms with Crippen LogP contribution in [0.15, 0.2) is 4.98 Å². The van der Waals surface area contributed by atoms with Crippen LogP contribution in [0.25, 0.3) is 0 Å². The van der Waals surface area contributed by atoms with Crippen molar-refractivity contribution in [1.29, 1.82) is 0 Å². The van der Waals surface area contributed by atoms with Crippen molar-refractivity contribution >= 4 is 52.3 Å². The summed E-state index contributed by atoms with van der Waals surface area (Å²) >= 11 is 7.36. The third-order valence-corrected chi connectivity index (χ3v) is 7.68. The van der Waals surface area contributed by atoms with Gasteiger partial charge in [-0.05, 0) is 0 Å². The summed E-state index contributed by atoms with van der Waals surface area (Å²) in [4.78, 5) is 0. The predicted octanol–water partition coefficient (Wildman–Crippen LogP) is 3.15. The molecule has 3 heteroatoms. The van der Waals surface area contributed by atoms with Crippen molar-refractivity contribution in [2.24, 2.45) is 0 Å². The fraction of sp³-hybridized carbons (Fsp3) is 0.500. The second kappa shape index (κ2) is 3.54. The molecule has 0 saturated carbocycles. The van der Waals surface area contributed by atoms with E-state index >= 15 is 0 Å². The summed E-state index contributed by atoms with van der Waals surface area (Å²) in [5, 5.41) is 0. The van der Waals surface area contributed by atoms with E-state index in [1.165, 1.54) is 25.7 Å². The molecule has 0 nitrogen and oxygen atoms in total. The molecule has 0 aliphatic heterocycles. The van der Waals surface area contributed by atoms with Crippen molar-refractivity contribution in [1.82, 2.24) is 0 Å². The topological polar surface area (TPSA) is 0 Å². The van der Waals surface area contributed by atoms with E-state index in [0.29, 0.717) is 0 Å². The van der Waals surface area contributed by atoms with Gasteiger partial charge in [0.25, 0.3) is 0 Å². The molecule has 11 heavy (non-hydrogen) atoms. The number of hydrogen-bond donors (Lipinski definition) is 0. The van der Waals surface area contributed by atoms with Crippen LogP contribution in [0.4, 0.5) is 0 Å². The van der Waals surface area contributed by atoms with Gasteiger partial charge in [-0.3, -0.25) is 0 Å². The van der Waals surface area contributed by atoms with Crippen LogP contribution >= 0.6 is 31.9 Å². The van der Waals surface area contributed by atoms with Crippen LogP contribution < -0.4 is 0 Å². The molecule has 0 spiro atoms. The predicted molar refractivity (Wildman–Crippen MR) is 55.4 cm³/mol. The van der Waals surface area contributed by atoms with Gasteiger partial charge in [0.05, 0.1) is 0 Å². The van der Waals surface area contributed by atoms with E-state index in [2.05, 4.69) is 31.9 Å². The Morgan fingerprint density at radius 1 is 0.909 bits per heavy atom. The average Bonchev–Trinajstić information content (AvgIpc) is 2.30. The summed E-state index contributed by atoms with van der Waals surface area (Å²) in [6, 6.07) is 0. The molecule has 0 bridgehead atoms. The first-order chi connectivity index (χ1) is 5.29. The van der Waals surface area contributed by atoms with Gasteiger partial charge in [-0.1, -0.05) is 0 Å². The Hall–Kier alpha value is 1.23. The fourth-order valence-corrected chi connectivity index (χ4v) is 8.48. The van der Waals surface area contributed by atoms with Crippen molar-refractivity contribution in [3.8, 4) is 0 Å². The summed E-state index contributed by atoms with van der Waals surface area (Å²) < 4.78 is 3.09. The quantitative estimate of drug-likeness (QED) is 0.596. The summed E-state index contributed by atoms with van der Waals surface area (Å²) in [7, 11) is 0. The molecule has 1 heterocycles. The number of hydrogen-bond acceptors (Lipinski definition) is 0. The fourth-order valence-electron chi connectivity index (χ4n) is 1.54. The minimum absolute atomic E-state index is 0.0159. The Balaban J connectivity index is 2.52. The van der Waals surface area contributed by atoms with Crippen molar-refractivity contribution < 1.29 is 0 Å². The van der Waals surface area contributed by atoms with Crippen molar-refractivity contribution in [3.05, 3.63) is 16.1 Å². The van der Waals surface area contributed by atoms with Gasteiger partial charge >= 0.3 is 94.1 Å². The van der Waals surface area contributed by atoms with Crippen LogP contribution in [-0.4, -0.2) is 20.4 Å². The Bertz CT molecular complexity index is 251. The van der Waals surface area contributed by atoms with E-state index < -0.39 is 0 Å². The van der Waals surface area contributed by atoms with Gasteiger partial charge in [-0.15, -0.1) is 0 Å². The van der Waals surface area contributed by atoms with Crippen LogP contribution in [0.1, 0.15) is 24.0 Å². The average molecular weight is 392 g/mol. The van der Waals surface area contributed by atoms with Crippen LogP contribution in [0.3, 0.4) is 0 Å². The molecule has 1 aliphatic rings. The summed E-state index contributed by atoms with van der Waals surface area (Å²) in [6.45, 7) is 0. The molecule has 0 N–H and O–H groups in total. The second-order valence-electron chi connectivity index (χ2n) is 2.81. The van der Waals surface area contributed by atoms with Crippen molar-refractivity contribution in [3.63, 3.8) is 0 Å². The zero-order chi connectivity index (χ0) is 7.84. The third-order valence-electron chi connectivity index (χ3n) is 2.12. The molecule has 0 amide bonds. The van der Waals surface area contributed by atoms with Crippen LogP contribution in [0, 0.1) is 0 Å². The van der Waals surface area contributed by atoms with Crippen LogP contribution in [0.2, 0.25) is 0 Å². The molecule has 60 valence electrons.